The molecule has 0 aromatic heterocycles. The van der Waals surface area contributed by atoms with Crippen molar-refractivity contribution >= 4 is 11.4 Å². The summed E-state index contributed by atoms with van der Waals surface area (Å²) in [6, 6.07) is 0. The maximum absolute atomic E-state index is 11.0. The average molecular weight is 182 g/mol. The third-order valence-corrected chi connectivity index (χ3v) is 0.910. The summed E-state index contributed by atoms with van der Waals surface area (Å²) in [7, 11) is 0. The van der Waals surface area contributed by atoms with E-state index in [1.165, 1.54) is 0 Å². The predicted molar refractivity (Wildman–Crippen MR) is 22.3 cm³/mol. The van der Waals surface area contributed by atoms with Gasteiger partial charge in [-0.1, -0.05) is 0 Å². The van der Waals surface area contributed by atoms with Crippen molar-refractivity contribution in [2.24, 2.45) is 0 Å². The second-order valence-corrected chi connectivity index (χ2v) is 1.77. The Labute approximate surface area is 55.8 Å². The molecule has 0 radical (unpaired) electrons. The molecule has 10 heavy (non-hydrogen) atoms. The Hall–Kier alpha value is -0.210. The van der Waals surface area contributed by atoms with E-state index in [1.54, 1.807) is 0 Å². The Balaban J connectivity index is 3.58. The van der Waals surface area contributed by atoms with Crippen LogP contribution in [0, 0.1) is 0 Å². The molecule has 62 valence electrons. The van der Waals surface area contributed by atoms with Gasteiger partial charge in [0.2, 0.25) is 6.86 Å². The highest BCUT2D eigenvalue weighted by Gasteiger charge is 2.33. The van der Waals surface area contributed by atoms with Gasteiger partial charge in [-0.25, -0.2) is 8.57 Å². The van der Waals surface area contributed by atoms with Crippen molar-refractivity contribution in [1.82, 2.24) is 0 Å². The number of rotatable bonds is 3. The molecule has 1 atom stereocenters. The van der Waals surface area contributed by atoms with E-state index in [0.717, 1.165) is 0 Å². The fraction of sp³-hybridized carbons (Fsp3) is 1.00. The van der Waals surface area contributed by atoms with E-state index in [2.05, 4.69) is 8.37 Å². The van der Waals surface area contributed by atoms with Gasteiger partial charge in [0.05, 0.1) is 0 Å². The molecule has 8 heteroatoms. The molecule has 0 N–H and O–H groups in total. The fourth-order valence-corrected chi connectivity index (χ4v) is 0.413. The molecule has 0 aromatic rings. The van der Waals surface area contributed by atoms with Crippen LogP contribution in [0.1, 0.15) is 0 Å². The minimum atomic E-state index is -5.07. The van der Waals surface area contributed by atoms with Gasteiger partial charge in [-0.3, -0.25) is 0 Å². The van der Waals surface area contributed by atoms with Crippen LogP contribution in [0.4, 0.5) is 17.6 Å². The zero-order valence-corrected chi connectivity index (χ0v) is 5.17. The molecule has 0 saturated carbocycles. The Morgan fingerprint density at radius 2 is 1.90 bits per heavy atom. The lowest BCUT2D eigenvalue weighted by Crippen LogP contribution is -2.16. The minimum absolute atomic E-state index is 1.59. The van der Waals surface area contributed by atoms with Crippen molar-refractivity contribution in [1.29, 1.82) is 0 Å². The van der Waals surface area contributed by atoms with Crippen LogP contribution in [0.2, 0.25) is 0 Å². The third-order valence-electron chi connectivity index (χ3n) is 0.303. The molecule has 0 spiro atoms. The largest absolute Gasteiger partial charge is 0.537 e. The molecule has 0 aliphatic heterocycles. The Morgan fingerprint density at radius 1 is 1.40 bits per heavy atom. The summed E-state index contributed by atoms with van der Waals surface area (Å²) >= 11 is -3.09. The number of halogens is 4. The highest BCUT2D eigenvalue weighted by Crippen LogP contribution is 2.17. The molecule has 0 aliphatic carbocycles. The van der Waals surface area contributed by atoms with E-state index in [1.807, 2.05) is 0 Å². The lowest BCUT2D eigenvalue weighted by Gasteiger charge is -2.02. The molecule has 1 unspecified atom stereocenters. The van der Waals surface area contributed by atoms with Crippen molar-refractivity contribution in [3.63, 3.8) is 0 Å². The predicted octanol–water partition coefficient (Wildman–Crippen LogP) is 1.05. The summed E-state index contributed by atoms with van der Waals surface area (Å²) in [6.07, 6.45) is -5.07. The van der Waals surface area contributed by atoms with Crippen molar-refractivity contribution in [2.75, 3.05) is 6.86 Å². The van der Waals surface area contributed by atoms with Gasteiger partial charge in [0, 0.05) is 0 Å². The number of hydrogen-bond acceptors (Lipinski definition) is 3. The third kappa shape index (κ3) is 5.92. The van der Waals surface area contributed by atoms with Gasteiger partial charge in [-0.05, 0) is 0 Å². The summed E-state index contributed by atoms with van der Waals surface area (Å²) < 4.78 is 59.7. The second-order valence-electron chi connectivity index (χ2n) is 0.960. The summed E-state index contributed by atoms with van der Waals surface area (Å²) in [5.74, 6) is 0. The molecule has 0 heterocycles. The van der Waals surface area contributed by atoms with Crippen molar-refractivity contribution in [3.05, 3.63) is 0 Å². The molecule has 0 rings (SSSR count). The van der Waals surface area contributed by atoms with Gasteiger partial charge in [0.15, 0.2) is 0 Å². The van der Waals surface area contributed by atoms with Gasteiger partial charge in [0.1, 0.15) is 0 Å². The van der Waals surface area contributed by atoms with Gasteiger partial charge in [-0.15, -0.1) is 13.2 Å². The smallest absolute Gasteiger partial charge is 0.234 e. The normalized spacial score (nSPS) is 15.2. The lowest BCUT2D eigenvalue weighted by atomic mass is 11.4. The number of hydrogen-bond donors (Lipinski definition) is 0. The second kappa shape index (κ2) is 3.84. The van der Waals surface area contributed by atoms with Crippen molar-refractivity contribution in [3.8, 4) is 0 Å². The van der Waals surface area contributed by atoms with Crippen LogP contribution in [-0.2, 0) is 19.7 Å². The van der Waals surface area contributed by atoms with Gasteiger partial charge < -0.3 is 0 Å². The Morgan fingerprint density at radius 3 is 2.20 bits per heavy atom. The highest BCUT2D eigenvalue weighted by atomic mass is 32.2. The van der Waals surface area contributed by atoms with Crippen LogP contribution in [0.15, 0.2) is 0 Å². The molecule has 0 bridgehead atoms. The quantitative estimate of drug-likeness (QED) is 0.612. The van der Waals surface area contributed by atoms with Crippen LogP contribution in [-0.4, -0.2) is 17.4 Å². The SMILES string of the molecule is O=S(OCF)OC(F)(F)F. The van der Waals surface area contributed by atoms with Crippen LogP contribution in [0.5, 0.6) is 0 Å². The Bertz CT molecular complexity index is 122. The number of alkyl halides is 4. The first-order valence-electron chi connectivity index (χ1n) is 1.83. The summed E-state index contributed by atoms with van der Waals surface area (Å²) in [6.45, 7) is -1.59. The van der Waals surface area contributed by atoms with E-state index in [4.69, 9.17) is 0 Å². The van der Waals surface area contributed by atoms with Gasteiger partial charge >= 0.3 is 17.7 Å². The molecule has 0 fully saturated rings. The van der Waals surface area contributed by atoms with Gasteiger partial charge in [-0.2, -0.15) is 8.39 Å². The molecule has 0 aromatic carbocycles. The Kier molecular flexibility index (Phi) is 3.76. The zero-order valence-electron chi connectivity index (χ0n) is 4.35. The van der Waals surface area contributed by atoms with E-state index >= 15 is 0 Å². The minimum Gasteiger partial charge on any atom is -0.234 e. The first-order valence-corrected chi connectivity index (χ1v) is 2.83. The lowest BCUT2D eigenvalue weighted by molar-refractivity contribution is -0.273. The fourth-order valence-electron chi connectivity index (χ4n) is 0.138. The first-order chi connectivity index (χ1) is 4.45. The van der Waals surface area contributed by atoms with Crippen LogP contribution in [0.25, 0.3) is 0 Å². The average Bonchev–Trinajstić information content (AvgIpc) is 1.59. The van der Waals surface area contributed by atoms with Crippen LogP contribution < -0.4 is 0 Å². The summed E-state index contributed by atoms with van der Waals surface area (Å²) in [4.78, 5) is 0. The van der Waals surface area contributed by atoms with Crippen LogP contribution in [0.3, 0.4) is 0 Å². The van der Waals surface area contributed by atoms with E-state index in [0.29, 0.717) is 0 Å². The van der Waals surface area contributed by atoms with Crippen molar-refractivity contribution < 1.29 is 30.1 Å². The summed E-state index contributed by atoms with van der Waals surface area (Å²) in [5.41, 5.74) is 0. The molecular weight excluding hydrogens is 180 g/mol. The first kappa shape index (κ1) is 9.79. The van der Waals surface area contributed by atoms with E-state index in [-0.39, 0.29) is 0 Å². The van der Waals surface area contributed by atoms with E-state index in [9.17, 15) is 21.8 Å². The van der Waals surface area contributed by atoms with Crippen LogP contribution >= 0.6 is 0 Å². The molecule has 0 aliphatic rings. The monoisotopic (exact) mass is 182 g/mol. The summed E-state index contributed by atoms with van der Waals surface area (Å²) in [5, 5.41) is 0. The standard InChI is InChI=1S/C2H2F4O3S/c3-1-8-10(7)9-2(4,5)6/h1H2. The maximum Gasteiger partial charge on any atom is 0.537 e. The molecule has 0 saturated heterocycles. The molecule has 0 amide bonds. The maximum atomic E-state index is 11.0. The zero-order chi connectivity index (χ0) is 8.20. The molecular formula is C2H2F4O3S. The topological polar surface area (TPSA) is 35.5 Å². The van der Waals surface area contributed by atoms with Gasteiger partial charge in [0.25, 0.3) is 0 Å². The van der Waals surface area contributed by atoms with E-state index < -0.39 is 24.6 Å². The van der Waals surface area contributed by atoms with Crippen molar-refractivity contribution in [2.45, 2.75) is 6.36 Å². The molecule has 3 nitrogen and oxygen atoms in total. The highest BCUT2D eigenvalue weighted by molar-refractivity contribution is 7.75.